The third kappa shape index (κ3) is 5.21. The molecule has 0 atom stereocenters. The number of ketones is 1. The van der Waals surface area contributed by atoms with Gasteiger partial charge in [-0.3, -0.25) is 9.59 Å². The standard InChI is InChI=1S/C20H19N3O3/c1-14(24)16-6-4-7-18(10-16)23-20(25)17(11-21)13-22-12-15-5-3-8-19(9-15)26-2/h3-10,13,22H,12H2,1-2H3,(H,23,25)/b17-13-. The summed E-state index contributed by atoms with van der Waals surface area (Å²) >= 11 is 0. The molecular formula is C20H19N3O3. The normalized spacial score (nSPS) is 10.6. The third-order valence-corrected chi connectivity index (χ3v) is 3.58. The predicted octanol–water partition coefficient (Wildman–Crippen LogP) is 3.03. The largest absolute Gasteiger partial charge is 0.497 e. The first-order valence-electron chi connectivity index (χ1n) is 7.92. The molecule has 2 rings (SSSR count). The van der Waals surface area contributed by atoms with Crippen molar-refractivity contribution < 1.29 is 14.3 Å². The zero-order chi connectivity index (χ0) is 18.9. The van der Waals surface area contributed by atoms with E-state index in [0.717, 1.165) is 11.3 Å². The van der Waals surface area contributed by atoms with Crippen LogP contribution in [0.5, 0.6) is 5.75 Å². The first-order chi connectivity index (χ1) is 12.5. The Labute approximate surface area is 152 Å². The maximum absolute atomic E-state index is 12.2. The molecule has 1 amide bonds. The van der Waals surface area contributed by atoms with E-state index in [9.17, 15) is 14.9 Å². The highest BCUT2D eigenvalue weighted by Crippen LogP contribution is 2.13. The van der Waals surface area contributed by atoms with Crippen LogP contribution in [0.25, 0.3) is 0 Å². The average Bonchev–Trinajstić information content (AvgIpc) is 2.65. The Morgan fingerprint density at radius 2 is 1.96 bits per heavy atom. The van der Waals surface area contributed by atoms with Gasteiger partial charge in [0.05, 0.1) is 7.11 Å². The zero-order valence-corrected chi connectivity index (χ0v) is 14.6. The van der Waals surface area contributed by atoms with Gasteiger partial charge >= 0.3 is 0 Å². The van der Waals surface area contributed by atoms with E-state index in [2.05, 4.69) is 10.6 Å². The number of ether oxygens (including phenoxy) is 1. The van der Waals surface area contributed by atoms with Crippen molar-refractivity contribution >= 4 is 17.4 Å². The number of rotatable bonds is 7. The molecule has 132 valence electrons. The summed E-state index contributed by atoms with van der Waals surface area (Å²) in [5.41, 5.74) is 1.83. The van der Waals surface area contributed by atoms with E-state index in [0.29, 0.717) is 17.8 Å². The average molecular weight is 349 g/mol. The van der Waals surface area contributed by atoms with Crippen LogP contribution in [0.3, 0.4) is 0 Å². The number of carbonyl (C=O) groups is 2. The summed E-state index contributed by atoms with van der Waals surface area (Å²) < 4.78 is 5.15. The molecule has 0 radical (unpaired) electrons. The van der Waals surface area contributed by atoms with Crippen molar-refractivity contribution in [1.82, 2.24) is 5.32 Å². The van der Waals surface area contributed by atoms with E-state index in [1.807, 2.05) is 30.3 Å². The number of carbonyl (C=O) groups excluding carboxylic acids is 2. The molecule has 6 heteroatoms. The fraction of sp³-hybridized carbons (Fsp3) is 0.150. The van der Waals surface area contributed by atoms with Gasteiger partial charge in [-0.05, 0) is 36.8 Å². The number of nitrogens with one attached hydrogen (secondary N) is 2. The lowest BCUT2D eigenvalue weighted by atomic mass is 10.1. The molecule has 0 aliphatic heterocycles. The lowest BCUT2D eigenvalue weighted by Gasteiger charge is -2.07. The zero-order valence-electron chi connectivity index (χ0n) is 14.6. The SMILES string of the molecule is COc1cccc(CN/C=C(/C#N)C(=O)Nc2cccc(C(C)=O)c2)c1. The monoisotopic (exact) mass is 349 g/mol. The van der Waals surface area contributed by atoms with Gasteiger partial charge in [0.25, 0.3) is 5.91 Å². The van der Waals surface area contributed by atoms with Crippen LogP contribution >= 0.6 is 0 Å². The molecule has 0 aliphatic rings. The van der Waals surface area contributed by atoms with Gasteiger partial charge in [0.1, 0.15) is 17.4 Å². The molecule has 6 nitrogen and oxygen atoms in total. The van der Waals surface area contributed by atoms with E-state index in [-0.39, 0.29) is 11.4 Å². The van der Waals surface area contributed by atoms with Crippen molar-refractivity contribution in [2.45, 2.75) is 13.5 Å². The Morgan fingerprint density at radius 3 is 2.65 bits per heavy atom. The van der Waals surface area contributed by atoms with Crippen LogP contribution in [0.1, 0.15) is 22.8 Å². The molecule has 0 fully saturated rings. The Kier molecular flexibility index (Phi) is 6.52. The van der Waals surface area contributed by atoms with Gasteiger partial charge < -0.3 is 15.4 Å². The van der Waals surface area contributed by atoms with Crippen LogP contribution in [0.15, 0.2) is 60.3 Å². The number of anilines is 1. The molecule has 0 spiro atoms. The molecule has 2 aromatic rings. The Balaban J connectivity index is 2.01. The number of methoxy groups -OCH3 is 1. The van der Waals surface area contributed by atoms with Crippen molar-refractivity contribution in [2.75, 3.05) is 12.4 Å². The molecule has 0 heterocycles. The van der Waals surface area contributed by atoms with Crippen molar-refractivity contribution in [3.63, 3.8) is 0 Å². The maximum atomic E-state index is 12.2. The fourth-order valence-corrected chi connectivity index (χ4v) is 2.22. The van der Waals surface area contributed by atoms with Gasteiger partial charge in [0.15, 0.2) is 5.78 Å². The first-order valence-corrected chi connectivity index (χ1v) is 7.92. The molecule has 26 heavy (non-hydrogen) atoms. The topological polar surface area (TPSA) is 91.2 Å². The van der Waals surface area contributed by atoms with E-state index < -0.39 is 5.91 Å². The molecule has 2 aromatic carbocycles. The smallest absolute Gasteiger partial charge is 0.267 e. The fourth-order valence-electron chi connectivity index (χ4n) is 2.22. The highest BCUT2D eigenvalue weighted by Gasteiger charge is 2.10. The Morgan fingerprint density at radius 1 is 1.19 bits per heavy atom. The molecule has 0 unspecified atom stereocenters. The number of nitriles is 1. The summed E-state index contributed by atoms with van der Waals surface area (Å²) in [5.74, 6) is 0.0836. The summed E-state index contributed by atoms with van der Waals surface area (Å²) in [6.07, 6.45) is 1.36. The highest BCUT2D eigenvalue weighted by atomic mass is 16.5. The molecule has 0 bridgehead atoms. The Hall–Kier alpha value is -3.59. The van der Waals surface area contributed by atoms with E-state index in [1.165, 1.54) is 13.1 Å². The van der Waals surface area contributed by atoms with Crippen LogP contribution in [0.4, 0.5) is 5.69 Å². The summed E-state index contributed by atoms with van der Waals surface area (Å²) in [4.78, 5) is 23.6. The predicted molar refractivity (Wildman–Crippen MR) is 98.6 cm³/mol. The molecule has 0 aliphatic carbocycles. The lowest BCUT2D eigenvalue weighted by Crippen LogP contribution is -2.16. The molecule has 0 aromatic heterocycles. The van der Waals surface area contributed by atoms with Crippen LogP contribution in [-0.2, 0) is 11.3 Å². The van der Waals surface area contributed by atoms with Gasteiger partial charge in [0, 0.05) is 24.0 Å². The third-order valence-electron chi connectivity index (χ3n) is 3.58. The van der Waals surface area contributed by atoms with Crippen LogP contribution < -0.4 is 15.4 Å². The van der Waals surface area contributed by atoms with E-state index in [4.69, 9.17) is 4.74 Å². The minimum atomic E-state index is -0.550. The summed E-state index contributed by atoms with van der Waals surface area (Å²) in [7, 11) is 1.59. The second kappa shape index (κ2) is 9.04. The maximum Gasteiger partial charge on any atom is 0.267 e. The van der Waals surface area contributed by atoms with Crippen LogP contribution in [0.2, 0.25) is 0 Å². The van der Waals surface area contributed by atoms with Crippen molar-refractivity contribution in [3.05, 3.63) is 71.4 Å². The summed E-state index contributed by atoms with van der Waals surface area (Å²) in [6.45, 7) is 1.89. The minimum absolute atomic E-state index is 0.0684. The summed E-state index contributed by atoms with van der Waals surface area (Å²) in [6, 6.07) is 15.9. The van der Waals surface area contributed by atoms with Gasteiger partial charge in [-0.1, -0.05) is 24.3 Å². The molecule has 2 N–H and O–H groups in total. The number of hydrogen-bond acceptors (Lipinski definition) is 5. The molecule has 0 saturated carbocycles. The number of benzene rings is 2. The Bertz CT molecular complexity index is 882. The van der Waals surface area contributed by atoms with Gasteiger partial charge in [-0.25, -0.2) is 0 Å². The number of nitrogens with zero attached hydrogens (tertiary/aromatic N) is 1. The van der Waals surface area contributed by atoms with Crippen molar-refractivity contribution in [1.29, 1.82) is 5.26 Å². The quantitative estimate of drug-likeness (QED) is 0.455. The van der Waals surface area contributed by atoms with Crippen molar-refractivity contribution in [3.8, 4) is 11.8 Å². The first kappa shape index (κ1) is 18.7. The van der Waals surface area contributed by atoms with Crippen molar-refractivity contribution in [2.24, 2.45) is 0 Å². The van der Waals surface area contributed by atoms with Gasteiger partial charge in [-0.2, -0.15) is 5.26 Å². The minimum Gasteiger partial charge on any atom is -0.497 e. The molecular weight excluding hydrogens is 330 g/mol. The summed E-state index contributed by atoms with van der Waals surface area (Å²) in [5, 5.41) is 14.8. The second-order valence-corrected chi connectivity index (χ2v) is 5.49. The second-order valence-electron chi connectivity index (χ2n) is 5.49. The van der Waals surface area contributed by atoms with Gasteiger partial charge in [0.2, 0.25) is 0 Å². The van der Waals surface area contributed by atoms with E-state index in [1.54, 1.807) is 31.4 Å². The number of amides is 1. The lowest BCUT2D eigenvalue weighted by molar-refractivity contribution is -0.112. The number of Topliss-reactive ketones (excluding diaryl/α,β-unsaturated/α-hetero) is 1. The van der Waals surface area contributed by atoms with Crippen LogP contribution in [-0.4, -0.2) is 18.8 Å². The highest BCUT2D eigenvalue weighted by molar-refractivity contribution is 6.07. The van der Waals surface area contributed by atoms with Crippen LogP contribution in [0, 0.1) is 11.3 Å². The van der Waals surface area contributed by atoms with Gasteiger partial charge in [-0.15, -0.1) is 0 Å². The van der Waals surface area contributed by atoms with E-state index >= 15 is 0 Å². The number of hydrogen-bond donors (Lipinski definition) is 2. The molecule has 0 saturated heterocycles.